The quantitative estimate of drug-likeness (QED) is 0.684. The van der Waals surface area contributed by atoms with Gasteiger partial charge in [0.1, 0.15) is 0 Å². The van der Waals surface area contributed by atoms with Crippen LogP contribution >= 0.6 is 0 Å². The summed E-state index contributed by atoms with van der Waals surface area (Å²) in [4.78, 5) is 11.5. The van der Waals surface area contributed by atoms with Crippen molar-refractivity contribution in [1.29, 1.82) is 0 Å². The van der Waals surface area contributed by atoms with Crippen molar-refractivity contribution < 1.29 is 4.79 Å². The fourth-order valence-electron chi connectivity index (χ4n) is 1.68. The van der Waals surface area contributed by atoms with Gasteiger partial charge in [0.15, 0.2) is 0 Å². The van der Waals surface area contributed by atoms with E-state index in [1.165, 1.54) is 6.42 Å². The lowest BCUT2D eigenvalue weighted by atomic mass is 9.94. The van der Waals surface area contributed by atoms with Gasteiger partial charge in [0.2, 0.25) is 5.91 Å². The fourth-order valence-corrected chi connectivity index (χ4v) is 1.68. The van der Waals surface area contributed by atoms with Gasteiger partial charge >= 0.3 is 0 Å². The predicted octanol–water partition coefficient (Wildman–Crippen LogP) is 0.901. The highest BCUT2D eigenvalue weighted by atomic mass is 16.2. The molecule has 1 fully saturated rings. The van der Waals surface area contributed by atoms with E-state index < -0.39 is 0 Å². The van der Waals surface area contributed by atoms with Crippen LogP contribution in [-0.2, 0) is 4.79 Å². The van der Waals surface area contributed by atoms with E-state index in [2.05, 4.69) is 24.5 Å². The van der Waals surface area contributed by atoms with E-state index in [0.717, 1.165) is 25.9 Å². The molecule has 76 valence electrons. The lowest BCUT2D eigenvalue weighted by Gasteiger charge is -2.27. The van der Waals surface area contributed by atoms with Crippen molar-refractivity contribution in [2.75, 3.05) is 13.1 Å². The van der Waals surface area contributed by atoms with Crippen LogP contribution in [0, 0.1) is 5.92 Å². The van der Waals surface area contributed by atoms with Gasteiger partial charge in [-0.25, -0.2) is 0 Å². The zero-order valence-corrected chi connectivity index (χ0v) is 8.60. The van der Waals surface area contributed by atoms with Gasteiger partial charge in [0.25, 0.3) is 0 Å². The molecule has 0 saturated carbocycles. The molecular formula is C10H20N2O. The molecule has 13 heavy (non-hydrogen) atoms. The number of hydrogen-bond acceptors (Lipinski definition) is 2. The third-order valence-electron chi connectivity index (χ3n) is 2.53. The van der Waals surface area contributed by atoms with Crippen molar-refractivity contribution in [2.24, 2.45) is 5.92 Å². The highest BCUT2D eigenvalue weighted by Gasteiger charge is 2.23. The molecule has 0 aromatic carbocycles. The van der Waals surface area contributed by atoms with Crippen molar-refractivity contribution in [1.82, 2.24) is 10.6 Å². The van der Waals surface area contributed by atoms with Gasteiger partial charge in [-0.05, 0) is 31.7 Å². The Balaban J connectivity index is 2.28. The molecule has 1 amide bonds. The van der Waals surface area contributed by atoms with Gasteiger partial charge in [-0.2, -0.15) is 0 Å². The number of piperidine rings is 1. The first-order chi connectivity index (χ1) is 6.24. The Morgan fingerprint density at radius 2 is 2.38 bits per heavy atom. The first-order valence-electron chi connectivity index (χ1n) is 5.25. The summed E-state index contributed by atoms with van der Waals surface area (Å²) in [5.41, 5.74) is 0. The molecule has 2 N–H and O–H groups in total. The SMILES string of the molecule is CCCNC(=O)C1CC(C)CCN1. The number of hydrogen-bond donors (Lipinski definition) is 2. The molecule has 0 aromatic heterocycles. The van der Waals surface area contributed by atoms with Gasteiger partial charge < -0.3 is 10.6 Å². The van der Waals surface area contributed by atoms with Crippen molar-refractivity contribution >= 4 is 5.91 Å². The smallest absolute Gasteiger partial charge is 0.237 e. The van der Waals surface area contributed by atoms with Crippen molar-refractivity contribution in [3.8, 4) is 0 Å². The summed E-state index contributed by atoms with van der Waals surface area (Å²) in [5.74, 6) is 0.854. The second kappa shape index (κ2) is 5.22. The molecule has 0 aromatic rings. The average molecular weight is 184 g/mol. The maximum absolute atomic E-state index is 11.5. The van der Waals surface area contributed by atoms with Crippen LogP contribution in [0.3, 0.4) is 0 Å². The van der Waals surface area contributed by atoms with Gasteiger partial charge in [0.05, 0.1) is 6.04 Å². The highest BCUT2D eigenvalue weighted by molar-refractivity contribution is 5.81. The molecule has 3 heteroatoms. The minimum Gasteiger partial charge on any atom is -0.355 e. The first kappa shape index (κ1) is 10.5. The van der Waals surface area contributed by atoms with E-state index in [1.54, 1.807) is 0 Å². The van der Waals surface area contributed by atoms with Crippen LogP contribution in [0.1, 0.15) is 33.1 Å². The Morgan fingerprint density at radius 3 is 3.00 bits per heavy atom. The van der Waals surface area contributed by atoms with Gasteiger partial charge in [0, 0.05) is 6.54 Å². The number of nitrogens with one attached hydrogen (secondary N) is 2. The lowest BCUT2D eigenvalue weighted by Crippen LogP contribution is -2.48. The van der Waals surface area contributed by atoms with Crippen LogP contribution in [0.2, 0.25) is 0 Å². The molecule has 2 atom stereocenters. The lowest BCUT2D eigenvalue weighted by molar-refractivity contribution is -0.124. The monoisotopic (exact) mass is 184 g/mol. The zero-order chi connectivity index (χ0) is 9.68. The molecule has 1 saturated heterocycles. The third-order valence-corrected chi connectivity index (χ3v) is 2.53. The molecule has 1 aliphatic rings. The number of amides is 1. The van der Waals surface area contributed by atoms with Crippen LogP contribution in [0.5, 0.6) is 0 Å². The molecule has 2 unspecified atom stereocenters. The molecule has 0 spiro atoms. The fraction of sp³-hybridized carbons (Fsp3) is 0.900. The van der Waals surface area contributed by atoms with E-state index in [4.69, 9.17) is 0 Å². The van der Waals surface area contributed by atoms with Crippen LogP contribution in [-0.4, -0.2) is 25.0 Å². The normalized spacial score (nSPS) is 28.5. The number of rotatable bonds is 3. The molecule has 0 bridgehead atoms. The standard InChI is InChI=1S/C10H20N2O/c1-3-5-12-10(13)9-7-8(2)4-6-11-9/h8-9,11H,3-7H2,1-2H3,(H,12,13). The van der Waals surface area contributed by atoms with Crippen molar-refractivity contribution in [2.45, 2.75) is 39.2 Å². The van der Waals surface area contributed by atoms with E-state index in [1.807, 2.05) is 0 Å². The van der Waals surface area contributed by atoms with Crippen molar-refractivity contribution in [3.63, 3.8) is 0 Å². The first-order valence-corrected chi connectivity index (χ1v) is 5.25. The molecule has 1 aliphatic heterocycles. The van der Waals surface area contributed by atoms with E-state index in [-0.39, 0.29) is 11.9 Å². The Morgan fingerprint density at radius 1 is 1.62 bits per heavy atom. The van der Waals surface area contributed by atoms with Crippen LogP contribution in [0.25, 0.3) is 0 Å². The Labute approximate surface area is 80.3 Å². The second-order valence-electron chi connectivity index (χ2n) is 3.93. The van der Waals surface area contributed by atoms with Gasteiger partial charge in [-0.1, -0.05) is 13.8 Å². The minimum atomic E-state index is 0.0512. The summed E-state index contributed by atoms with van der Waals surface area (Å²) in [7, 11) is 0. The second-order valence-corrected chi connectivity index (χ2v) is 3.93. The molecule has 1 rings (SSSR count). The molecule has 1 heterocycles. The largest absolute Gasteiger partial charge is 0.355 e. The Bertz CT molecular complexity index is 170. The van der Waals surface area contributed by atoms with E-state index >= 15 is 0 Å². The summed E-state index contributed by atoms with van der Waals surface area (Å²) >= 11 is 0. The molecule has 3 nitrogen and oxygen atoms in total. The van der Waals surface area contributed by atoms with Gasteiger partial charge in [-0.3, -0.25) is 4.79 Å². The Hall–Kier alpha value is -0.570. The van der Waals surface area contributed by atoms with E-state index in [0.29, 0.717) is 5.92 Å². The minimum absolute atomic E-state index is 0.0512. The topological polar surface area (TPSA) is 41.1 Å². The number of carbonyl (C=O) groups is 1. The summed E-state index contributed by atoms with van der Waals surface area (Å²) in [6.07, 6.45) is 3.18. The zero-order valence-electron chi connectivity index (χ0n) is 8.60. The Kier molecular flexibility index (Phi) is 4.22. The summed E-state index contributed by atoms with van der Waals surface area (Å²) in [6, 6.07) is 0.0512. The summed E-state index contributed by atoms with van der Waals surface area (Å²) in [5, 5.41) is 6.17. The van der Waals surface area contributed by atoms with Crippen molar-refractivity contribution in [3.05, 3.63) is 0 Å². The predicted molar refractivity (Wildman–Crippen MR) is 53.5 cm³/mol. The van der Waals surface area contributed by atoms with Gasteiger partial charge in [-0.15, -0.1) is 0 Å². The maximum atomic E-state index is 11.5. The van der Waals surface area contributed by atoms with E-state index in [9.17, 15) is 4.79 Å². The molecular weight excluding hydrogens is 164 g/mol. The van der Waals surface area contributed by atoms with Crippen LogP contribution in [0.4, 0.5) is 0 Å². The number of carbonyl (C=O) groups excluding carboxylic acids is 1. The maximum Gasteiger partial charge on any atom is 0.237 e. The molecule has 0 aliphatic carbocycles. The summed E-state index contributed by atoms with van der Waals surface area (Å²) < 4.78 is 0. The summed E-state index contributed by atoms with van der Waals surface area (Å²) in [6.45, 7) is 6.05. The highest BCUT2D eigenvalue weighted by Crippen LogP contribution is 2.14. The average Bonchev–Trinajstić information content (AvgIpc) is 2.14. The third kappa shape index (κ3) is 3.35. The van der Waals surface area contributed by atoms with Crippen LogP contribution < -0.4 is 10.6 Å². The van der Waals surface area contributed by atoms with Crippen LogP contribution in [0.15, 0.2) is 0 Å². The molecule has 0 radical (unpaired) electrons.